The van der Waals surface area contributed by atoms with Crippen molar-refractivity contribution in [3.63, 3.8) is 0 Å². The van der Waals surface area contributed by atoms with E-state index in [2.05, 4.69) is 24.1 Å². The van der Waals surface area contributed by atoms with Gasteiger partial charge in [0.05, 0.1) is 0 Å². The van der Waals surface area contributed by atoms with E-state index in [-0.39, 0.29) is 11.9 Å². The van der Waals surface area contributed by atoms with E-state index in [9.17, 15) is 4.79 Å². The van der Waals surface area contributed by atoms with Crippen molar-refractivity contribution in [1.82, 2.24) is 9.88 Å². The van der Waals surface area contributed by atoms with Crippen LogP contribution >= 0.6 is 11.6 Å². The van der Waals surface area contributed by atoms with Gasteiger partial charge in [0.25, 0.3) is 5.91 Å². The quantitative estimate of drug-likeness (QED) is 0.814. The maximum Gasteiger partial charge on any atom is 0.254 e. The van der Waals surface area contributed by atoms with Crippen LogP contribution in [-0.4, -0.2) is 35.4 Å². The van der Waals surface area contributed by atoms with E-state index in [1.54, 1.807) is 17.0 Å². The Hall–Kier alpha value is -1.29. The minimum Gasteiger partial charge on any atom is -0.370 e. The number of aromatic nitrogens is 1. The molecule has 0 aromatic carbocycles. The second-order valence-electron chi connectivity index (χ2n) is 4.48. The second kappa shape index (κ2) is 7.34. The third-order valence-electron chi connectivity index (χ3n) is 3.21. The van der Waals surface area contributed by atoms with Gasteiger partial charge in [0, 0.05) is 25.2 Å². The maximum absolute atomic E-state index is 12.4. The monoisotopic (exact) mass is 283 g/mol. The van der Waals surface area contributed by atoms with Crippen molar-refractivity contribution in [1.29, 1.82) is 0 Å². The van der Waals surface area contributed by atoms with Crippen LogP contribution in [0.2, 0.25) is 5.15 Å². The molecule has 0 atom stereocenters. The molecule has 5 heteroatoms. The Balaban J connectivity index is 2.98. The molecule has 0 spiro atoms. The summed E-state index contributed by atoms with van der Waals surface area (Å²) in [6.07, 6.45) is 1.88. The Kier molecular flexibility index (Phi) is 6.09. The van der Waals surface area contributed by atoms with Crippen LogP contribution in [0.1, 0.15) is 44.0 Å². The normalized spacial score (nSPS) is 10.6. The van der Waals surface area contributed by atoms with Gasteiger partial charge < -0.3 is 10.2 Å². The number of nitrogens with one attached hydrogen (secondary N) is 1. The smallest absolute Gasteiger partial charge is 0.254 e. The fourth-order valence-electron chi connectivity index (χ4n) is 2.10. The zero-order chi connectivity index (χ0) is 14.4. The van der Waals surface area contributed by atoms with E-state index < -0.39 is 0 Å². The zero-order valence-electron chi connectivity index (χ0n) is 12.0. The predicted octanol–water partition coefficient (Wildman–Crippen LogP) is 3.43. The van der Waals surface area contributed by atoms with E-state index in [0.29, 0.717) is 16.5 Å². The molecule has 0 saturated carbocycles. The standard InChI is InChI=1S/C14H22ClN3O/c1-5-11(6-2)18(4)14(19)10-8-12(15)17-13(9-10)16-7-3/h8-9,11H,5-7H2,1-4H3,(H,16,17). The number of amides is 1. The Morgan fingerprint density at radius 1 is 1.37 bits per heavy atom. The van der Waals surface area contributed by atoms with Crippen LogP contribution in [0, 0.1) is 0 Å². The average Bonchev–Trinajstić information content (AvgIpc) is 2.38. The van der Waals surface area contributed by atoms with Gasteiger partial charge >= 0.3 is 0 Å². The molecule has 0 aliphatic rings. The molecule has 0 fully saturated rings. The lowest BCUT2D eigenvalue weighted by Gasteiger charge is -2.26. The second-order valence-corrected chi connectivity index (χ2v) is 4.87. The van der Waals surface area contributed by atoms with E-state index >= 15 is 0 Å². The summed E-state index contributed by atoms with van der Waals surface area (Å²) in [6, 6.07) is 3.61. The van der Waals surface area contributed by atoms with E-state index in [4.69, 9.17) is 11.6 Å². The molecule has 1 rings (SSSR count). The van der Waals surface area contributed by atoms with Crippen molar-refractivity contribution in [2.45, 2.75) is 39.7 Å². The van der Waals surface area contributed by atoms with Gasteiger partial charge in [-0.2, -0.15) is 0 Å². The summed E-state index contributed by atoms with van der Waals surface area (Å²) < 4.78 is 0. The number of anilines is 1. The van der Waals surface area contributed by atoms with Crippen LogP contribution < -0.4 is 5.32 Å². The molecular weight excluding hydrogens is 262 g/mol. The van der Waals surface area contributed by atoms with Crippen LogP contribution in [0.5, 0.6) is 0 Å². The SMILES string of the molecule is CCNc1cc(C(=O)N(C)C(CC)CC)cc(Cl)n1. The predicted molar refractivity (Wildman–Crippen MR) is 79.9 cm³/mol. The molecule has 106 valence electrons. The third kappa shape index (κ3) is 4.10. The van der Waals surface area contributed by atoms with Gasteiger partial charge in [-0.05, 0) is 31.9 Å². The summed E-state index contributed by atoms with van der Waals surface area (Å²) >= 11 is 5.96. The highest BCUT2D eigenvalue weighted by Gasteiger charge is 2.19. The lowest BCUT2D eigenvalue weighted by atomic mass is 10.1. The van der Waals surface area contributed by atoms with Gasteiger partial charge in [-0.3, -0.25) is 4.79 Å². The molecule has 0 aliphatic heterocycles. The summed E-state index contributed by atoms with van der Waals surface area (Å²) in [5.74, 6) is 0.619. The lowest BCUT2D eigenvalue weighted by molar-refractivity contribution is 0.0723. The van der Waals surface area contributed by atoms with Crippen molar-refractivity contribution in [2.24, 2.45) is 0 Å². The average molecular weight is 284 g/mol. The highest BCUT2D eigenvalue weighted by atomic mass is 35.5. The minimum atomic E-state index is -0.0165. The van der Waals surface area contributed by atoms with Gasteiger partial charge in [0.15, 0.2) is 0 Å². The third-order valence-corrected chi connectivity index (χ3v) is 3.40. The molecule has 1 N–H and O–H groups in total. The number of carbonyl (C=O) groups is 1. The highest BCUT2D eigenvalue weighted by Crippen LogP contribution is 2.18. The number of hydrogen-bond acceptors (Lipinski definition) is 3. The summed E-state index contributed by atoms with van der Waals surface area (Å²) in [4.78, 5) is 18.3. The molecule has 1 aromatic heterocycles. The van der Waals surface area contributed by atoms with Gasteiger partial charge in [-0.25, -0.2) is 4.98 Å². The van der Waals surface area contributed by atoms with Crippen LogP contribution in [-0.2, 0) is 0 Å². The topological polar surface area (TPSA) is 45.2 Å². The van der Waals surface area contributed by atoms with Crippen LogP contribution in [0.3, 0.4) is 0 Å². The number of hydrogen-bond donors (Lipinski definition) is 1. The highest BCUT2D eigenvalue weighted by molar-refractivity contribution is 6.29. The Morgan fingerprint density at radius 2 is 2.00 bits per heavy atom. The number of halogens is 1. The summed E-state index contributed by atoms with van der Waals surface area (Å²) in [5.41, 5.74) is 0.574. The van der Waals surface area contributed by atoms with E-state index in [1.807, 2.05) is 14.0 Å². The van der Waals surface area contributed by atoms with E-state index in [1.165, 1.54) is 0 Å². The molecule has 1 amide bonds. The van der Waals surface area contributed by atoms with Crippen molar-refractivity contribution >= 4 is 23.3 Å². The molecule has 0 unspecified atom stereocenters. The minimum absolute atomic E-state index is 0.0165. The summed E-state index contributed by atoms with van der Waals surface area (Å²) in [6.45, 7) is 6.88. The van der Waals surface area contributed by atoms with Crippen molar-refractivity contribution < 1.29 is 4.79 Å². The van der Waals surface area contributed by atoms with E-state index in [0.717, 1.165) is 19.4 Å². The van der Waals surface area contributed by atoms with Gasteiger partial charge in [-0.1, -0.05) is 25.4 Å². The Morgan fingerprint density at radius 3 is 2.53 bits per heavy atom. The summed E-state index contributed by atoms with van der Waals surface area (Å²) in [5, 5.41) is 3.41. The number of nitrogens with zero attached hydrogens (tertiary/aromatic N) is 2. The first-order valence-electron chi connectivity index (χ1n) is 6.72. The van der Waals surface area contributed by atoms with Crippen molar-refractivity contribution in [3.05, 3.63) is 22.8 Å². The molecule has 0 bridgehead atoms. The van der Waals surface area contributed by atoms with Crippen LogP contribution in [0.25, 0.3) is 0 Å². The van der Waals surface area contributed by atoms with Crippen LogP contribution in [0.15, 0.2) is 12.1 Å². The molecule has 1 heterocycles. The first-order valence-corrected chi connectivity index (χ1v) is 7.09. The van der Waals surface area contributed by atoms with Crippen molar-refractivity contribution in [3.8, 4) is 0 Å². The largest absolute Gasteiger partial charge is 0.370 e. The fourth-order valence-corrected chi connectivity index (χ4v) is 2.31. The first-order chi connectivity index (χ1) is 9.03. The number of rotatable bonds is 6. The first kappa shape index (κ1) is 15.8. The Bertz CT molecular complexity index is 433. The van der Waals surface area contributed by atoms with Crippen molar-refractivity contribution in [2.75, 3.05) is 18.9 Å². The summed E-state index contributed by atoms with van der Waals surface area (Å²) in [7, 11) is 1.83. The lowest BCUT2D eigenvalue weighted by Crippen LogP contribution is -2.36. The number of carbonyl (C=O) groups excluding carboxylic acids is 1. The molecular formula is C14H22ClN3O. The maximum atomic E-state index is 12.4. The molecule has 0 radical (unpaired) electrons. The Labute approximate surface area is 120 Å². The fraction of sp³-hybridized carbons (Fsp3) is 0.571. The molecule has 0 saturated heterocycles. The molecule has 19 heavy (non-hydrogen) atoms. The zero-order valence-corrected chi connectivity index (χ0v) is 12.8. The molecule has 1 aromatic rings. The van der Waals surface area contributed by atoms with Gasteiger partial charge in [0.1, 0.15) is 11.0 Å². The van der Waals surface area contributed by atoms with Crippen LogP contribution in [0.4, 0.5) is 5.82 Å². The molecule has 4 nitrogen and oxygen atoms in total. The van der Waals surface area contributed by atoms with Gasteiger partial charge in [-0.15, -0.1) is 0 Å². The number of pyridine rings is 1. The molecule has 0 aliphatic carbocycles. The van der Waals surface area contributed by atoms with Gasteiger partial charge in [0.2, 0.25) is 0 Å².